The Morgan fingerprint density at radius 1 is 1.35 bits per heavy atom. The molecule has 0 spiro atoms. The van der Waals surface area contributed by atoms with E-state index >= 15 is 0 Å². The standard InChI is InChI=1S/C19H28N2O2/c1-15-6-4-7-16(12-15)13-20-9-5-8-17(20)18(22)21-10-11-23-14-19(21,2)3/h4,6-7,12,17H,5,8-11,13-14H2,1-3H3. The number of aryl methyl sites for hydroxylation is 1. The second-order valence-electron chi connectivity index (χ2n) is 7.47. The van der Waals surface area contributed by atoms with Gasteiger partial charge in [0.05, 0.1) is 24.8 Å². The largest absolute Gasteiger partial charge is 0.377 e. The average molecular weight is 316 g/mol. The summed E-state index contributed by atoms with van der Waals surface area (Å²) in [7, 11) is 0. The highest BCUT2D eigenvalue weighted by Gasteiger charge is 2.40. The summed E-state index contributed by atoms with van der Waals surface area (Å²) in [6, 6.07) is 8.62. The van der Waals surface area contributed by atoms with E-state index in [4.69, 9.17) is 4.74 Å². The van der Waals surface area contributed by atoms with Gasteiger partial charge in [0.15, 0.2) is 0 Å². The summed E-state index contributed by atoms with van der Waals surface area (Å²) < 4.78 is 5.56. The number of ether oxygens (including phenoxy) is 1. The Kier molecular flexibility index (Phi) is 4.74. The Bertz CT molecular complexity index is 570. The Balaban J connectivity index is 1.72. The van der Waals surface area contributed by atoms with Crippen molar-refractivity contribution >= 4 is 5.91 Å². The van der Waals surface area contributed by atoms with E-state index in [1.54, 1.807) is 0 Å². The molecule has 4 nitrogen and oxygen atoms in total. The van der Waals surface area contributed by atoms with E-state index in [0.29, 0.717) is 19.8 Å². The van der Waals surface area contributed by atoms with E-state index in [0.717, 1.165) is 25.9 Å². The van der Waals surface area contributed by atoms with Gasteiger partial charge in [0.2, 0.25) is 5.91 Å². The van der Waals surface area contributed by atoms with Gasteiger partial charge in [0, 0.05) is 13.1 Å². The van der Waals surface area contributed by atoms with Gasteiger partial charge < -0.3 is 9.64 Å². The lowest BCUT2D eigenvalue weighted by molar-refractivity contribution is -0.151. The van der Waals surface area contributed by atoms with Crippen molar-refractivity contribution in [3.05, 3.63) is 35.4 Å². The van der Waals surface area contributed by atoms with Crippen LogP contribution in [0.15, 0.2) is 24.3 Å². The van der Waals surface area contributed by atoms with Crippen molar-refractivity contribution in [1.82, 2.24) is 9.80 Å². The van der Waals surface area contributed by atoms with Crippen LogP contribution in [0.3, 0.4) is 0 Å². The zero-order valence-corrected chi connectivity index (χ0v) is 14.5. The van der Waals surface area contributed by atoms with Gasteiger partial charge >= 0.3 is 0 Å². The summed E-state index contributed by atoms with van der Waals surface area (Å²) in [6.45, 7) is 10.2. The molecule has 1 unspecified atom stereocenters. The highest BCUT2D eigenvalue weighted by atomic mass is 16.5. The first kappa shape index (κ1) is 16.5. The minimum Gasteiger partial charge on any atom is -0.377 e. The van der Waals surface area contributed by atoms with Crippen molar-refractivity contribution < 1.29 is 9.53 Å². The van der Waals surface area contributed by atoms with Gasteiger partial charge in [-0.15, -0.1) is 0 Å². The maximum absolute atomic E-state index is 13.1. The predicted octanol–water partition coefficient (Wildman–Crippen LogP) is 2.60. The van der Waals surface area contributed by atoms with Gasteiger partial charge in [0.25, 0.3) is 0 Å². The lowest BCUT2D eigenvalue weighted by atomic mass is 10.0. The zero-order chi connectivity index (χ0) is 16.4. The van der Waals surface area contributed by atoms with Crippen molar-refractivity contribution in [2.45, 2.75) is 51.7 Å². The molecule has 1 aromatic rings. The number of rotatable bonds is 3. The molecule has 2 aliphatic rings. The molecule has 0 N–H and O–H groups in total. The van der Waals surface area contributed by atoms with E-state index in [1.165, 1.54) is 11.1 Å². The molecule has 0 aromatic heterocycles. The first-order valence-electron chi connectivity index (χ1n) is 8.66. The first-order valence-corrected chi connectivity index (χ1v) is 8.66. The summed E-state index contributed by atoms with van der Waals surface area (Å²) in [4.78, 5) is 17.5. The third-order valence-corrected chi connectivity index (χ3v) is 5.03. The van der Waals surface area contributed by atoms with Crippen LogP contribution in [0.5, 0.6) is 0 Å². The van der Waals surface area contributed by atoms with Gasteiger partial charge in [-0.05, 0) is 45.7 Å². The van der Waals surface area contributed by atoms with Gasteiger partial charge in [0.1, 0.15) is 0 Å². The maximum atomic E-state index is 13.1. The smallest absolute Gasteiger partial charge is 0.240 e. The molecule has 0 saturated carbocycles. The molecule has 0 bridgehead atoms. The van der Waals surface area contributed by atoms with Crippen molar-refractivity contribution in [3.63, 3.8) is 0 Å². The van der Waals surface area contributed by atoms with Crippen molar-refractivity contribution in [2.24, 2.45) is 0 Å². The number of carbonyl (C=O) groups excluding carboxylic acids is 1. The van der Waals surface area contributed by atoms with E-state index in [1.807, 2.05) is 4.90 Å². The number of nitrogens with zero attached hydrogens (tertiary/aromatic N) is 2. The molecule has 1 atom stereocenters. The van der Waals surface area contributed by atoms with Gasteiger partial charge in [-0.3, -0.25) is 9.69 Å². The van der Waals surface area contributed by atoms with Gasteiger partial charge in [-0.2, -0.15) is 0 Å². The highest BCUT2D eigenvalue weighted by Crippen LogP contribution is 2.27. The third kappa shape index (κ3) is 3.59. The normalized spacial score (nSPS) is 24.8. The van der Waals surface area contributed by atoms with Crippen LogP contribution in [0.25, 0.3) is 0 Å². The lowest BCUT2D eigenvalue weighted by Crippen LogP contribution is -2.59. The van der Waals surface area contributed by atoms with Crippen molar-refractivity contribution in [2.75, 3.05) is 26.3 Å². The summed E-state index contributed by atoms with van der Waals surface area (Å²) >= 11 is 0. The van der Waals surface area contributed by atoms with Crippen LogP contribution in [-0.2, 0) is 16.1 Å². The molecule has 2 heterocycles. The van der Waals surface area contributed by atoms with Gasteiger partial charge in [-0.25, -0.2) is 0 Å². The van der Waals surface area contributed by atoms with Crippen molar-refractivity contribution in [1.29, 1.82) is 0 Å². The van der Waals surface area contributed by atoms with Crippen LogP contribution in [0.4, 0.5) is 0 Å². The SMILES string of the molecule is Cc1cccc(CN2CCCC2C(=O)N2CCOCC2(C)C)c1. The number of amides is 1. The molecule has 126 valence electrons. The fourth-order valence-electron chi connectivity index (χ4n) is 3.79. The second kappa shape index (κ2) is 6.62. The minimum atomic E-state index is -0.201. The van der Waals surface area contributed by atoms with Gasteiger partial charge in [-0.1, -0.05) is 29.8 Å². The van der Waals surface area contributed by atoms with Crippen LogP contribution in [-0.4, -0.2) is 53.6 Å². The number of hydrogen-bond donors (Lipinski definition) is 0. The Morgan fingerprint density at radius 3 is 2.91 bits per heavy atom. The molecule has 4 heteroatoms. The fourth-order valence-corrected chi connectivity index (χ4v) is 3.79. The topological polar surface area (TPSA) is 32.8 Å². The van der Waals surface area contributed by atoms with E-state index < -0.39 is 0 Å². The first-order chi connectivity index (χ1) is 11.0. The molecule has 1 aromatic carbocycles. The fraction of sp³-hybridized carbons (Fsp3) is 0.632. The molecule has 0 radical (unpaired) electrons. The Morgan fingerprint density at radius 2 is 2.17 bits per heavy atom. The lowest BCUT2D eigenvalue weighted by Gasteiger charge is -2.44. The summed E-state index contributed by atoms with van der Waals surface area (Å²) in [6.07, 6.45) is 2.07. The molecule has 0 aliphatic carbocycles. The third-order valence-electron chi connectivity index (χ3n) is 5.03. The van der Waals surface area contributed by atoms with Crippen LogP contribution in [0.2, 0.25) is 0 Å². The second-order valence-corrected chi connectivity index (χ2v) is 7.47. The van der Waals surface area contributed by atoms with E-state index in [-0.39, 0.29) is 17.5 Å². The quantitative estimate of drug-likeness (QED) is 0.859. The molecular weight excluding hydrogens is 288 g/mol. The number of hydrogen-bond acceptors (Lipinski definition) is 3. The molecule has 1 amide bonds. The number of carbonyl (C=O) groups is 1. The highest BCUT2D eigenvalue weighted by molar-refractivity contribution is 5.83. The molecule has 2 aliphatic heterocycles. The molecule has 2 saturated heterocycles. The number of benzene rings is 1. The maximum Gasteiger partial charge on any atom is 0.240 e. The van der Waals surface area contributed by atoms with E-state index in [2.05, 4.69) is 49.9 Å². The Hall–Kier alpha value is -1.39. The molecule has 2 fully saturated rings. The van der Waals surface area contributed by atoms with Crippen LogP contribution >= 0.6 is 0 Å². The summed E-state index contributed by atoms with van der Waals surface area (Å²) in [5.74, 6) is 0.281. The average Bonchev–Trinajstić information content (AvgIpc) is 2.94. The predicted molar refractivity (Wildman–Crippen MR) is 91.2 cm³/mol. The molecule has 23 heavy (non-hydrogen) atoms. The van der Waals surface area contributed by atoms with Crippen LogP contribution < -0.4 is 0 Å². The molecule has 3 rings (SSSR count). The summed E-state index contributed by atoms with van der Waals surface area (Å²) in [5.41, 5.74) is 2.37. The monoisotopic (exact) mass is 316 g/mol. The summed E-state index contributed by atoms with van der Waals surface area (Å²) in [5, 5.41) is 0. The van der Waals surface area contributed by atoms with Crippen LogP contribution in [0.1, 0.15) is 37.8 Å². The van der Waals surface area contributed by atoms with E-state index in [9.17, 15) is 4.79 Å². The number of likely N-dealkylation sites (tertiary alicyclic amines) is 1. The Labute approximate surface area is 139 Å². The zero-order valence-electron chi connectivity index (χ0n) is 14.5. The van der Waals surface area contributed by atoms with Crippen molar-refractivity contribution in [3.8, 4) is 0 Å². The number of morpholine rings is 1. The minimum absolute atomic E-state index is 0.0212. The van der Waals surface area contributed by atoms with Crippen LogP contribution in [0, 0.1) is 6.92 Å². The molecular formula is C19H28N2O2.